The van der Waals surface area contributed by atoms with Crippen LogP contribution in [0.25, 0.3) is 0 Å². The summed E-state index contributed by atoms with van der Waals surface area (Å²) in [4.78, 5) is 59.0. The van der Waals surface area contributed by atoms with Crippen LogP contribution in [-0.2, 0) is 55.8 Å². The first-order chi connectivity index (χ1) is 57.2. The third-order valence-corrected chi connectivity index (χ3v) is 21.3. The number of carbonyl (C=O) groups excluding carboxylic acids is 3. The van der Waals surface area contributed by atoms with Crippen LogP contribution in [0.2, 0.25) is 0 Å². The van der Waals surface area contributed by atoms with Crippen molar-refractivity contribution in [1.82, 2.24) is 0 Å². The number of ether oxygens (including phenoxy) is 3. The molecular weight excluding hydrogens is 1510 g/mol. The fraction of sp³-hybridized carbons (Fsp3) is 0.687. The largest absolute Gasteiger partial charge is 0.472 e. The van der Waals surface area contributed by atoms with Gasteiger partial charge in [-0.2, -0.15) is 0 Å². The van der Waals surface area contributed by atoms with E-state index in [4.69, 9.17) is 32.3 Å². The molecule has 0 rings (SSSR count). The number of rotatable bonds is 87. The van der Waals surface area contributed by atoms with Gasteiger partial charge in [-0.15, -0.1) is 0 Å². The van der Waals surface area contributed by atoms with E-state index in [0.717, 1.165) is 186 Å². The van der Waals surface area contributed by atoms with E-state index >= 15 is 0 Å². The summed E-state index contributed by atoms with van der Waals surface area (Å²) in [5, 5.41) is 20.7. The third kappa shape index (κ3) is 91.5. The zero-order valence-electron chi connectivity index (χ0n) is 73.8. The number of allylic oxidation sites excluding steroid dienone is 28. The van der Waals surface area contributed by atoms with E-state index in [1.54, 1.807) is 0 Å². The minimum atomic E-state index is -4.95. The van der Waals surface area contributed by atoms with Gasteiger partial charge in [0.05, 0.1) is 26.4 Å². The summed E-state index contributed by atoms with van der Waals surface area (Å²) in [7, 11) is -9.82. The minimum absolute atomic E-state index is 0.0856. The van der Waals surface area contributed by atoms with Crippen LogP contribution < -0.4 is 0 Å². The number of hydrogen-bond donors (Lipinski definition) is 4. The maximum absolute atomic E-state index is 13.1. The molecule has 0 saturated carbocycles. The Morgan fingerprint density at radius 1 is 0.248 bits per heavy atom. The van der Waals surface area contributed by atoms with Gasteiger partial charge >= 0.3 is 33.6 Å². The molecule has 0 aromatic rings. The highest BCUT2D eigenvalue weighted by molar-refractivity contribution is 7.47. The quantitative estimate of drug-likeness (QED) is 0.0146. The topological polar surface area (TPSA) is 231 Å². The van der Waals surface area contributed by atoms with Gasteiger partial charge in [-0.3, -0.25) is 32.5 Å². The second-order valence-electron chi connectivity index (χ2n) is 30.7. The molecule has 0 aliphatic carbocycles. The van der Waals surface area contributed by atoms with E-state index in [1.165, 1.54) is 135 Å². The normalized spacial score (nSPS) is 14.6. The monoisotopic (exact) mass is 1680 g/mol. The summed E-state index contributed by atoms with van der Waals surface area (Å²) < 4.78 is 61.5. The van der Waals surface area contributed by atoms with Crippen molar-refractivity contribution in [2.75, 3.05) is 39.6 Å². The molecule has 5 unspecified atom stereocenters. The van der Waals surface area contributed by atoms with E-state index in [-0.39, 0.29) is 19.3 Å². The SMILES string of the molecule is CC/C=C\C/C=C\C/C=C\C/C=C\C/C=C\C/C=C\CCCCCCCCCCCCCCCCCCC(=O)OCC(O)COP(=O)(O)OCC(O)COP(=O)(O)OCC(COC(=O)CCCCCCCCC/C=C\C/C=C\C/C=C\C/C=C\CCCCC)OC(=O)CCCCCCCCC/C=C\C/C=C\C/C=C\C/C=C\CCCCC. The van der Waals surface area contributed by atoms with Crippen LogP contribution in [0, 0.1) is 0 Å². The molecule has 5 atom stereocenters. The highest BCUT2D eigenvalue weighted by atomic mass is 31.2. The molecule has 117 heavy (non-hydrogen) atoms. The zero-order chi connectivity index (χ0) is 85.1. The molecule has 670 valence electrons. The Morgan fingerprint density at radius 3 is 0.718 bits per heavy atom. The number of aliphatic hydroxyl groups excluding tert-OH is 2. The van der Waals surface area contributed by atoms with Crippen molar-refractivity contribution >= 4 is 33.6 Å². The van der Waals surface area contributed by atoms with Crippen LogP contribution in [0.1, 0.15) is 380 Å². The van der Waals surface area contributed by atoms with Crippen LogP contribution in [0.15, 0.2) is 170 Å². The number of hydrogen-bond acceptors (Lipinski definition) is 14. The van der Waals surface area contributed by atoms with Crippen molar-refractivity contribution in [1.29, 1.82) is 0 Å². The van der Waals surface area contributed by atoms with E-state index in [2.05, 4.69) is 191 Å². The molecule has 0 aliphatic heterocycles. The summed E-state index contributed by atoms with van der Waals surface area (Å²) >= 11 is 0. The van der Waals surface area contributed by atoms with Crippen molar-refractivity contribution in [3.05, 3.63) is 170 Å². The molecular formula is C99H168O16P2. The van der Waals surface area contributed by atoms with Gasteiger partial charge in [0.25, 0.3) is 0 Å². The van der Waals surface area contributed by atoms with E-state index in [1.807, 2.05) is 0 Å². The number of carbonyl (C=O) groups is 3. The van der Waals surface area contributed by atoms with Crippen molar-refractivity contribution in [2.24, 2.45) is 0 Å². The fourth-order valence-corrected chi connectivity index (χ4v) is 14.0. The van der Waals surface area contributed by atoms with Crippen LogP contribution in [0.3, 0.4) is 0 Å². The van der Waals surface area contributed by atoms with Gasteiger partial charge in [0.2, 0.25) is 0 Å². The van der Waals surface area contributed by atoms with Crippen molar-refractivity contribution in [3.63, 3.8) is 0 Å². The smallest absolute Gasteiger partial charge is 0.463 e. The Hall–Kier alpha value is -5.09. The van der Waals surface area contributed by atoms with Crippen molar-refractivity contribution in [3.8, 4) is 0 Å². The molecule has 0 aliphatic rings. The lowest BCUT2D eigenvalue weighted by molar-refractivity contribution is -0.161. The maximum Gasteiger partial charge on any atom is 0.472 e. The molecule has 0 saturated heterocycles. The standard InChI is InChI=1S/C99H168O16P2/c1-4-7-10-13-16-19-22-25-28-31-34-37-40-41-42-43-44-45-46-47-48-49-50-51-54-56-58-61-64-67-70-73-76-79-82-85-97(102)109-88-94(100)89-111-116(105,106)112-90-95(101)91-113-117(107,108)114-93-96(115-99(104)87-84-81-78-75-72-69-66-63-60-57-53-39-36-33-30-27-24-21-18-15-12-9-6-3)92-110-98(103)86-83-80-77-74-71-68-65-62-59-55-52-38-35-32-29-26-23-20-17-14-11-8-5-2/h7,10,16-21,25-30,34-39,41-42,44-45,55,57,59-60,94-96,100-101H,4-6,8-9,11-15,22-24,31-33,40,43,46-54,56,58,61-93H2,1-3H3,(H,105,106)(H,107,108)/b10-7-,19-16-,20-17-,21-18-,28-25-,29-26-,30-27-,37-34-,38-35-,39-36-,42-41-,45-44-,59-55-,60-57-. The molecule has 0 amide bonds. The lowest BCUT2D eigenvalue weighted by Crippen LogP contribution is -2.30. The molecule has 18 heteroatoms. The average molecular weight is 1680 g/mol. The van der Waals surface area contributed by atoms with Gasteiger partial charge in [-0.05, 0) is 161 Å². The second kappa shape index (κ2) is 90.2. The van der Waals surface area contributed by atoms with E-state index in [9.17, 15) is 43.5 Å². The lowest BCUT2D eigenvalue weighted by atomic mass is 10.0. The van der Waals surface area contributed by atoms with E-state index in [0.29, 0.717) is 19.3 Å². The number of phosphoric ester groups is 2. The van der Waals surface area contributed by atoms with Crippen LogP contribution >= 0.6 is 15.6 Å². The number of esters is 3. The summed E-state index contributed by atoms with van der Waals surface area (Å²) in [5.41, 5.74) is 0. The number of aliphatic hydroxyl groups is 2. The molecule has 0 bridgehead atoms. The van der Waals surface area contributed by atoms with Crippen LogP contribution in [-0.4, -0.2) is 95.9 Å². The molecule has 4 N–H and O–H groups in total. The molecule has 0 aromatic carbocycles. The third-order valence-electron chi connectivity index (χ3n) is 19.4. The Kier molecular flexibility index (Phi) is 86.2. The van der Waals surface area contributed by atoms with Gasteiger partial charge in [0.1, 0.15) is 25.4 Å². The van der Waals surface area contributed by atoms with Gasteiger partial charge in [0, 0.05) is 19.3 Å². The summed E-state index contributed by atoms with van der Waals surface area (Å²) in [5.74, 6) is -1.59. The Morgan fingerprint density at radius 2 is 0.453 bits per heavy atom. The van der Waals surface area contributed by atoms with E-state index < -0.39 is 91.5 Å². The first-order valence-electron chi connectivity index (χ1n) is 46.4. The minimum Gasteiger partial charge on any atom is -0.463 e. The average Bonchev–Trinajstić information content (AvgIpc) is 0.904. The van der Waals surface area contributed by atoms with Crippen molar-refractivity contribution in [2.45, 2.75) is 399 Å². The van der Waals surface area contributed by atoms with Gasteiger partial charge < -0.3 is 34.2 Å². The van der Waals surface area contributed by atoms with Gasteiger partial charge in [-0.1, -0.05) is 371 Å². The number of phosphoric acid groups is 2. The first kappa shape index (κ1) is 112. The lowest BCUT2D eigenvalue weighted by Gasteiger charge is -2.21. The van der Waals surface area contributed by atoms with Crippen LogP contribution in [0.5, 0.6) is 0 Å². The van der Waals surface area contributed by atoms with Crippen LogP contribution in [0.4, 0.5) is 0 Å². The highest BCUT2D eigenvalue weighted by Crippen LogP contribution is 2.45. The maximum atomic E-state index is 13.1. The summed E-state index contributed by atoms with van der Waals surface area (Å²) in [6, 6.07) is 0. The predicted molar refractivity (Wildman–Crippen MR) is 491 cm³/mol. The molecule has 0 aromatic heterocycles. The molecule has 0 radical (unpaired) electrons. The van der Waals surface area contributed by atoms with Gasteiger partial charge in [-0.25, -0.2) is 9.13 Å². The number of unbranched alkanes of at least 4 members (excludes halogenated alkanes) is 36. The summed E-state index contributed by atoms with van der Waals surface area (Å²) in [6.07, 6.45) is 117. The Balaban J connectivity index is 4.57. The molecule has 0 heterocycles. The Bertz CT molecular complexity index is 2810. The molecule has 0 fully saturated rings. The molecule has 0 spiro atoms. The first-order valence-corrected chi connectivity index (χ1v) is 49.4. The molecule has 16 nitrogen and oxygen atoms in total. The fourth-order valence-electron chi connectivity index (χ4n) is 12.4. The summed E-state index contributed by atoms with van der Waals surface area (Å²) in [6.45, 7) is 2.53. The second-order valence-corrected chi connectivity index (χ2v) is 33.6. The van der Waals surface area contributed by atoms with Gasteiger partial charge in [0.15, 0.2) is 6.10 Å². The Labute approximate surface area is 713 Å². The highest BCUT2D eigenvalue weighted by Gasteiger charge is 2.29. The van der Waals surface area contributed by atoms with Crippen molar-refractivity contribution < 1.29 is 75.8 Å². The predicted octanol–water partition coefficient (Wildman–Crippen LogP) is 28.7. The zero-order valence-corrected chi connectivity index (χ0v) is 75.6.